The number of aliphatic hydroxyl groups excluding tert-OH is 1. The minimum atomic E-state index is -0.273. The fourth-order valence-corrected chi connectivity index (χ4v) is 2.77. The van der Waals surface area contributed by atoms with Crippen molar-refractivity contribution in [2.75, 3.05) is 6.54 Å². The maximum absolute atomic E-state index is 9.54. The molecule has 1 aliphatic heterocycles. The first-order valence-electron chi connectivity index (χ1n) is 6.99. The summed E-state index contributed by atoms with van der Waals surface area (Å²) in [4.78, 5) is 6.69. The standard InChI is InChI=1S/C14H19N3O3/c1-10(18)7-12-3-2-5-17(12)8-13-15-14(16-20-13)11-4-6-19-9-11/h4,6,9-10,12,18H,2-3,5,7-8H2,1H3. The Kier molecular flexibility index (Phi) is 3.84. The van der Waals surface area contributed by atoms with E-state index in [1.807, 2.05) is 6.92 Å². The molecule has 0 saturated carbocycles. The lowest BCUT2D eigenvalue weighted by molar-refractivity contribution is 0.124. The van der Waals surface area contributed by atoms with Gasteiger partial charge in [-0.2, -0.15) is 4.98 Å². The van der Waals surface area contributed by atoms with Gasteiger partial charge < -0.3 is 14.0 Å². The van der Waals surface area contributed by atoms with Crippen molar-refractivity contribution in [3.63, 3.8) is 0 Å². The van der Waals surface area contributed by atoms with Gasteiger partial charge in [0.25, 0.3) is 0 Å². The summed E-state index contributed by atoms with van der Waals surface area (Å²) in [7, 11) is 0. The van der Waals surface area contributed by atoms with Crippen molar-refractivity contribution in [3.8, 4) is 11.4 Å². The monoisotopic (exact) mass is 277 g/mol. The van der Waals surface area contributed by atoms with E-state index in [4.69, 9.17) is 8.94 Å². The lowest BCUT2D eigenvalue weighted by Crippen LogP contribution is -2.31. The Balaban J connectivity index is 1.65. The average Bonchev–Trinajstić information content (AvgIpc) is 3.11. The van der Waals surface area contributed by atoms with Gasteiger partial charge in [0.1, 0.15) is 6.26 Å². The summed E-state index contributed by atoms with van der Waals surface area (Å²) in [5.74, 6) is 1.17. The van der Waals surface area contributed by atoms with Crippen LogP contribution in [0.1, 0.15) is 32.1 Å². The smallest absolute Gasteiger partial charge is 0.241 e. The highest BCUT2D eigenvalue weighted by Gasteiger charge is 2.27. The van der Waals surface area contributed by atoms with Gasteiger partial charge >= 0.3 is 0 Å². The maximum Gasteiger partial charge on any atom is 0.241 e. The molecule has 0 bridgehead atoms. The third-order valence-corrected chi connectivity index (χ3v) is 3.70. The summed E-state index contributed by atoms with van der Waals surface area (Å²) in [6, 6.07) is 2.21. The zero-order chi connectivity index (χ0) is 13.9. The maximum atomic E-state index is 9.54. The zero-order valence-electron chi connectivity index (χ0n) is 11.5. The molecule has 0 radical (unpaired) electrons. The zero-order valence-corrected chi connectivity index (χ0v) is 11.5. The fraction of sp³-hybridized carbons (Fsp3) is 0.571. The molecule has 108 valence electrons. The van der Waals surface area contributed by atoms with E-state index in [1.165, 1.54) is 0 Å². The predicted molar refractivity (Wildman–Crippen MR) is 71.7 cm³/mol. The lowest BCUT2D eigenvalue weighted by Gasteiger charge is -2.23. The number of furan rings is 1. The Labute approximate surface area is 117 Å². The molecule has 6 heteroatoms. The van der Waals surface area contributed by atoms with Gasteiger partial charge in [0.05, 0.1) is 24.5 Å². The summed E-state index contributed by atoms with van der Waals surface area (Å²) >= 11 is 0. The normalized spacial score (nSPS) is 21.4. The van der Waals surface area contributed by atoms with Crippen molar-refractivity contribution >= 4 is 0 Å². The molecule has 6 nitrogen and oxygen atoms in total. The van der Waals surface area contributed by atoms with Crippen LogP contribution in [0, 0.1) is 0 Å². The van der Waals surface area contributed by atoms with Crippen molar-refractivity contribution in [1.29, 1.82) is 0 Å². The van der Waals surface area contributed by atoms with Crippen LogP contribution in [0.15, 0.2) is 27.5 Å². The minimum absolute atomic E-state index is 0.273. The Hall–Kier alpha value is -1.66. The number of nitrogens with zero attached hydrogens (tertiary/aromatic N) is 3. The van der Waals surface area contributed by atoms with E-state index in [0.29, 0.717) is 24.3 Å². The Morgan fingerprint density at radius 2 is 2.45 bits per heavy atom. The molecular weight excluding hydrogens is 258 g/mol. The molecule has 1 aliphatic rings. The summed E-state index contributed by atoms with van der Waals surface area (Å²) in [6.45, 7) is 3.49. The number of hydrogen-bond acceptors (Lipinski definition) is 6. The molecule has 1 saturated heterocycles. The number of hydrogen-bond donors (Lipinski definition) is 1. The van der Waals surface area contributed by atoms with Crippen LogP contribution < -0.4 is 0 Å². The second-order valence-corrected chi connectivity index (χ2v) is 5.37. The Morgan fingerprint density at radius 1 is 1.55 bits per heavy atom. The molecular formula is C14H19N3O3. The van der Waals surface area contributed by atoms with Gasteiger partial charge in [-0.15, -0.1) is 0 Å². The third-order valence-electron chi connectivity index (χ3n) is 3.70. The molecule has 1 fully saturated rings. The van der Waals surface area contributed by atoms with Crippen molar-refractivity contribution in [3.05, 3.63) is 24.5 Å². The van der Waals surface area contributed by atoms with Crippen LogP contribution in [0.5, 0.6) is 0 Å². The average molecular weight is 277 g/mol. The van der Waals surface area contributed by atoms with E-state index >= 15 is 0 Å². The quantitative estimate of drug-likeness (QED) is 0.901. The van der Waals surface area contributed by atoms with Crippen molar-refractivity contribution in [2.45, 2.75) is 44.9 Å². The van der Waals surface area contributed by atoms with E-state index < -0.39 is 0 Å². The van der Waals surface area contributed by atoms with E-state index in [2.05, 4.69) is 15.0 Å². The lowest BCUT2D eigenvalue weighted by atomic mass is 10.1. The van der Waals surface area contributed by atoms with Crippen LogP contribution in [-0.2, 0) is 6.54 Å². The summed E-state index contributed by atoms with van der Waals surface area (Å²) in [6.07, 6.45) is 5.98. The van der Waals surface area contributed by atoms with E-state index in [1.54, 1.807) is 18.6 Å². The highest BCUT2D eigenvalue weighted by molar-refractivity contribution is 5.51. The predicted octanol–water partition coefficient (Wildman–Crippen LogP) is 2.06. The van der Waals surface area contributed by atoms with E-state index in [0.717, 1.165) is 31.4 Å². The van der Waals surface area contributed by atoms with Crippen molar-refractivity contribution in [1.82, 2.24) is 15.0 Å². The number of aromatic nitrogens is 2. The molecule has 0 aromatic carbocycles. The Morgan fingerprint density at radius 3 is 3.20 bits per heavy atom. The third kappa shape index (κ3) is 2.91. The van der Waals surface area contributed by atoms with Gasteiger partial charge in [-0.1, -0.05) is 5.16 Å². The number of likely N-dealkylation sites (tertiary alicyclic amines) is 1. The van der Waals surface area contributed by atoms with Gasteiger partial charge in [-0.05, 0) is 38.8 Å². The molecule has 0 spiro atoms. The van der Waals surface area contributed by atoms with Crippen molar-refractivity contribution in [2.24, 2.45) is 0 Å². The molecule has 20 heavy (non-hydrogen) atoms. The number of rotatable bonds is 5. The first kappa shape index (κ1) is 13.3. The van der Waals surface area contributed by atoms with Gasteiger partial charge in [0, 0.05) is 6.04 Å². The number of aliphatic hydroxyl groups is 1. The molecule has 0 amide bonds. The highest BCUT2D eigenvalue weighted by atomic mass is 16.5. The van der Waals surface area contributed by atoms with Gasteiger partial charge in [0.2, 0.25) is 11.7 Å². The molecule has 2 atom stereocenters. The van der Waals surface area contributed by atoms with E-state index in [-0.39, 0.29) is 6.10 Å². The second kappa shape index (κ2) is 5.76. The first-order chi connectivity index (χ1) is 9.72. The van der Waals surface area contributed by atoms with Crippen LogP contribution in [0.2, 0.25) is 0 Å². The van der Waals surface area contributed by atoms with E-state index in [9.17, 15) is 5.11 Å². The molecule has 3 rings (SSSR count). The molecule has 1 N–H and O–H groups in total. The van der Waals surface area contributed by atoms with Crippen LogP contribution >= 0.6 is 0 Å². The molecule has 2 aromatic heterocycles. The first-order valence-corrected chi connectivity index (χ1v) is 6.99. The summed E-state index contributed by atoms with van der Waals surface area (Å²) in [5, 5.41) is 13.5. The topological polar surface area (TPSA) is 75.5 Å². The van der Waals surface area contributed by atoms with Gasteiger partial charge in [-0.25, -0.2) is 0 Å². The fourth-order valence-electron chi connectivity index (χ4n) is 2.77. The highest BCUT2D eigenvalue weighted by Crippen LogP contribution is 2.24. The van der Waals surface area contributed by atoms with Gasteiger partial charge in [0.15, 0.2) is 0 Å². The minimum Gasteiger partial charge on any atom is -0.472 e. The Bertz CT molecular complexity index is 536. The van der Waals surface area contributed by atoms with Gasteiger partial charge in [-0.3, -0.25) is 4.90 Å². The largest absolute Gasteiger partial charge is 0.472 e. The molecule has 3 heterocycles. The SMILES string of the molecule is CC(O)CC1CCCN1Cc1nc(-c2ccoc2)no1. The molecule has 2 aromatic rings. The molecule has 0 aliphatic carbocycles. The summed E-state index contributed by atoms with van der Waals surface area (Å²) in [5.41, 5.74) is 0.821. The van der Waals surface area contributed by atoms with Crippen molar-refractivity contribution < 1.29 is 14.0 Å². The molecule has 2 unspecified atom stereocenters. The van der Waals surface area contributed by atoms with Crippen LogP contribution in [-0.4, -0.2) is 38.8 Å². The van der Waals surface area contributed by atoms with Crippen LogP contribution in [0.25, 0.3) is 11.4 Å². The van der Waals surface area contributed by atoms with Crippen LogP contribution in [0.4, 0.5) is 0 Å². The van der Waals surface area contributed by atoms with Crippen LogP contribution in [0.3, 0.4) is 0 Å². The second-order valence-electron chi connectivity index (χ2n) is 5.37. The summed E-state index contributed by atoms with van der Waals surface area (Å²) < 4.78 is 10.3.